The van der Waals surface area contributed by atoms with E-state index in [2.05, 4.69) is 69.2 Å². The van der Waals surface area contributed by atoms with Crippen LogP contribution < -0.4 is 0 Å². The first-order chi connectivity index (χ1) is 10.1. The number of hydrogen-bond acceptors (Lipinski definition) is 3. The van der Waals surface area contributed by atoms with Crippen LogP contribution in [0, 0.1) is 21.7 Å². The van der Waals surface area contributed by atoms with Gasteiger partial charge < -0.3 is 14.2 Å². The van der Waals surface area contributed by atoms with Gasteiger partial charge in [-0.25, -0.2) is 0 Å². The second kappa shape index (κ2) is 8.82. The average Bonchev–Trinajstić information content (AvgIpc) is 2.23. The van der Waals surface area contributed by atoms with Crippen molar-refractivity contribution in [3.05, 3.63) is 0 Å². The summed E-state index contributed by atoms with van der Waals surface area (Å²) in [4.78, 5) is 0. The molecular weight excluding hydrogens is 288 g/mol. The maximum absolute atomic E-state index is 5.97. The summed E-state index contributed by atoms with van der Waals surface area (Å²) in [6.45, 7) is 26.4. The lowest BCUT2D eigenvalue weighted by molar-refractivity contribution is -0.0586. The van der Waals surface area contributed by atoms with Crippen molar-refractivity contribution in [1.29, 1.82) is 0 Å². The van der Waals surface area contributed by atoms with Crippen molar-refractivity contribution < 1.29 is 14.2 Å². The van der Waals surface area contributed by atoms with Gasteiger partial charge in [0.05, 0.1) is 39.6 Å². The lowest BCUT2D eigenvalue weighted by Gasteiger charge is -2.30. The Labute approximate surface area is 145 Å². The van der Waals surface area contributed by atoms with Gasteiger partial charge in [-0.15, -0.1) is 0 Å². The first-order valence-electron chi connectivity index (χ1n) is 8.85. The van der Waals surface area contributed by atoms with Crippen molar-refractivity contribution in [3.8, 4) is 0 Å². The zero-order valence-corrected chi connectivity index (χ0v) is 17.5. The second-order valence-electron chi connectivity index (χ2n) is 10.9. The van der Waals surface area contributed by atoms with Gasteiger partial charge in [0, 0.05) is 10.8 Å². The molecule has 0 aliphatic heterocycles. The largest absolute Gasteiger partial charge is 0.380 e. The van der Waals surface area contributed by atoms with Gasteiger partial charge in [0.25, 0.3) is 0 Å². The van der Waals surface area contributed by atoms with Crippen molar-refractivity contribution in [2.45, 2.75) is 69.2 Å². The molecule has 0 unspecified atom stereocenters. The Kier molecular flexibility index (Phi) is 8.78. The summed E-state index contributed by atoms with van der Waals surface area (Å²) >= 11 is 0. The molecule has 0 aliphatic carbocycles. The zero-order valence-electron chi connectivity index (χ0n) is 17.5. The Morgan fingerprint density at radius 1 is 0.391 bits per heavy atom. The van der Waals surface area contributed by atoms with Crippen LogP contribution in [0.4, 0.5) is 0 Å². The summed E-state index contributed by atoms with van der Waals surface area (Å²) in [5, 5.41) is 0. The van der Waals surface area contributed by atoms with Gasteiger partial charge in [-0.1, -0.05) is 69.2 Å². The Hall–Kier alpha value is -0.120. The van der Waals surface area contributed by atoms with Crippen molar-refractivity contribution in [2.24, 2.45) is 21.7 Å². The van der Waals surface area contributed by atoms with Crippen LogP contribution in [0.15, 0.2) is 0 Å². The first-order valence-corrected chi connectivity index (χ1v) is 8.85. The van der Waals surface area contributed by atoms with E-state index in [1.54, 1.807) is 0 Å². The highest BCUT2D eigenvalue weighted by Crippen LogP contribution is 2.23. The van der Waals surface area contributed by atoms with E-state index in [0.29, 0.717) is 13.2 Å². The van der Waals surface area contributed by atoms with Gasteiger partial charge >= 0.3 is 0 Å². The van der Waals surface area contributed by atoms with Crippen LogP contribution in [0.2, 0.25) is 0 Å². The predicted molar refractivity (Wildman–Crippen MR) is 98.9 cm³/mol. The van der Waals surface area contributed by atoms with Crippen molar-refractivity contribution >= 4 is 0 Å². The first kappa shape index (κ1) is 22.9. The molecule has 0 N–H and O–H groups in total. The van der Waals surface area contributed by atoms with Crippen molar-refractivity contribution in [3.63, 3.8) is 0 Å². The molecule has 0 heterocycles. The molecule has 0 saturated carbocycles. The fourth-order valence-electron chi connectivity index (χ4n) is 1.95. The molecule has 0 atom stereocenters. The van der Waals surface area contributed by atoms with Gasteiger partial charge in [-0.3, -0.25) is 0 Å². The van der Waals surface area contributed by atoms with E-state index < -0.39 is 0 Å². The molecule has 0 amide bonds. The molecule has 0 spiro atoms. The summed E-state index contributed by atoms with van der Waals surface area (Å²) in [5.41, 5.74) is 0.494. The minimum absolute atomic E-state index is 0.0353. The molecule has 0 radical (unpaired) electrons. The quantitative estimate of drug-likeness (QED) is 0.552. The van der Waals surface area contributed by atoms with E-state index in [1.807, 2.05) is 0 Å². The minimum Gasteiger partial charge on any atom is -0.380 e. The van der Waals surface area contributed by atoms with Crippen LogP contribution in [0.25, 0.3) is 0 Å². The molecule has 0 saturated heterocycles. The van der Waals surface area contributed by atoms with Crippen LogP contribution in [0.3, 0.4) is 0 Å². The van der Waals surface area contributed by atoms with Gasteiger partial charge in [-0.2, -0.15) is 0 Å². The number of hydrogen-bond donors (Lipinski definition) is 0. The molecule has 0 bridgehead atoms. The smallest absolute Gasteiger partial charge is 0.0539 e. The molecule has 0 fully saturated rings. The maximum Gasteiger partial charge on any atom is 0.0539 e. The summed E-state index contributed by atoms with van der Waals surface area (Å²) in [7, 11) is 0. The molecule has 3 nitrogen and oxygen atoms in total. The van der Waals surface area contributed by atoms with E-state index in [0.717, 1.165) is 26.4 Å². The van der Waals surface area contributed by atoms with Crippen molar-refractivity contribution in [2.75, 3.05) is 39.6 Å². The van der Waals surface area contributed by atoms with E-state index in [-0.39, 0.29) is 21.7 Å². The third kappa shape index (κ3) is 15.2. The lowest BCUT2D eigenvalue weighted by atomic mass is 9.93. The predicted octanol–water partition coefficient (Wildman–Crippen LogP) is 5.18. The van der Waals surface area contributed by atoms with Gasteiger partial charge in [0.15, 0.2) is 0 Å². The third-order valence-electron chi connectivity index (χ3n) is 3.04. The summed E-state index contributed by atoms with van der Waals surface area (Å²) in [6.07, 6.45) is 0. The summed E-state index contributed by atoms with van der Waals surface area (Å²) in [6, 6.07) is 0. The molecule has 23 heavy (non-hydrogen) atoms. The zero-order chi connectivity index (χ0) is 18.4. The van der Waals surface area contributed by atoms with Gasteiger partial charge in [-0.05, 0) is 10.8 Å². The molecule has 0 aromatic rings. The van der Waals surface area contributed by atoms with Crippen LogP contribution >= 0.6 is 0 Å². The standard InChI is InChI=1S/C20H42O3/c1-17(2,3)11-21-13-19(7,8)15-23-16-20(9,10)14-22-12-18(4,5)6/h11-16H2,1-10H3. The van der Waals surface area contributed by atoms with Crippen LogP contribution in [0.1, 0.15) is 69.2 Å². The third-order valence-corrected chi connectivity index (χ3v) is 3.04. The number of ether oxygens (including phenoxy) is 3. The second-order valence-corrected chi connectivity index (χ2v) is 10.9. The SMILES string of the molecule is CC(C)(C)COCC(C)(C)COCC(C)(C)COCC(C)(C)C. The monoisotopic (exact) mass is 330 g/mol. The van der Waals surface area contributed by atoms with Gasteiger partial charge in [0.2, 0.25) is 0 Å². The fourth-order valence-corrected chi connectivity index (χ4v) is 1.95. The van der Waals surface area contributed by atoms with Crippen molar-refractivity contribution in [1.82, 2.24) is 0 Å². The molecule has 140 valence electrons. The van der Waals surface area contributed by atoms with Gasteiger partial charge in [0.1, 0.15) is 0 Å². The Balaban J connectivity index is 4.01. The molecule has 0 aromatic heterocycles. The van der Waals surface area contributed by atoms with Crippen LogP contribution in [0.5, 0.6) is 0 Å². The number of rotatable bonds is 10. The molecule has 0 aliphatic rings. The summed E-state index contributed by atoms with van der Waals surface area (Å²) in [5.74, 6) is 0. The van der Waals surface area contributed by atoms with E-state index in [1.165, 1.54) is 0 Å². The minimum atomic E-state index is 0.0353. The Bertz CT molecular complexity index is 287. The Morgan fingerprint density at radius 2 is 0.609 bits per heavy atom. The molecule has 0 aromatic carbocycles. The fraction of sp³-hybridized carbons (Fsp3) is 1.00. The average molecular weight is 331 g/mol. The van der Waals surface area contributed by atoms with E-state index in [4.69, 9.17) is 14.2 Å². The topological polar surface area (TPSA) is 27.7 Å². The lowest BCUT2D eigenvalue weighted by Crippen LogP contribution is -2.32. The van der Waals surface area contributed by atoms with Crippen LogP contribution in [-0.4, -0.2) is 39.6 Å². The normalized spacial score (nSPS) is 14.3. The Morgan fingerprint density at radius 3 is 0.826 bits per heavy atom. The van der Waals surface area contributed by atoms with Crippen LogP contribution in [-0.2, 0) is 14.2 Å². The highest BCUT2D eigenvalue weighted by molar-refractivity contribution is 4.72. The highest BCUT2D eigenvalue weighted by atomic mass is 16.5. The molecule has 3 heteroatoms. The molecule has 0 rings (SSSR count). The molecular formula is C20H42O3. The summed E-state index contributed by atoms with van der Waals surface area (Å²) < 4.78 is 17.7. The maximum atomic E-state index is 5.97. The highest BCUT2D eigenvalue weighted by Gasteiger charge is 2.24. The van der Waals surface area contributed by atoms with E-state index in [9.17, 15) is 0 Å². The van der Waals surface area contributed by atoms with E-state index >= 15 is 0 Å².